The standard InChI is InChI=1S/C19H25N3O7.C4H10/c1-4-20-19(21-5-2)22-10-13-14(23)15(24)16(25)18(29-13)28-12-8-6-11(7-9-12)17(26)27-3;1-3-4-2/h4-9,13-16,18,23-25H,1,10H2,2-3H3,(H,20,22);3-4H2,1-2H3/b21-5-;/t13?,14-,15?,16?,18+;/m1./s1. The number of unbranched alkanes of at least 4 members (excludes halogenated alkanes) is 1. The van der Waals surface area contributed by atoms with Crippen LogP contribution >= 0.6 is 0 Å². The smallest absolute Gasteiger partial charge is 0.337 e. The van der Waals surface area contributed by atoms with Crippen LogP contribution in [0.15, 0.2) is 47.0 Å². The Morgan fingerprint density at radius 1 is 1.15 bits per heavy atom. The summed E-state index contributed by atoms with van der Waals surface area (Å²) in [6.07, 6.45) is -1.04. The second-order valence-corrected chi connectivity index (χ2v) is 7.05. The molecule has 0 saturated carbocycles. The van der Waals surface area contributed by atoms with Gasteiger partial charge in [-0.1, -0.05) is 33.3 Å². The lowest BCUT2D eigenvalue weighted by Gasteiger charge is -2.39. The Balaban J connectivity index is 0.00000125. The van der Waals surface area contributed by atoms with Gasteiger partial charge in [0.15, 0.2) is 0 Å². The first kappa shape index (κ1) is 28.2. The van der Waals surface area contributed by atoms with E-state index in [0.717, 1.165) is 0 Å². The first-order valence-corrected chi connectivity index (χ1v) is 10.8. The topological polar surface area (TPSA) is 142 Å². The molecular formula is C23H35N3O7. The summed E-state index contributed by atoms with van der Waals surface area (Å²) in [6.45, 7) is 9.54. The van der Waals surface area contributed by atoms with Gasteiger partial charge in [0.05, 0.1) is 19.2 Å². The van der Waals surface area contributed by atoms with Crippen molar-refractivity contribution in [3.63, 3.8) is 0 Å². The molecule has 10 heteroatoms. The summed E-state index contributed by atoms with van der Waals surface area (Å²) < 4.78 is 15.8. The van der Waals surface area contributed by atoms with E-state index in [1.807, 2.05) is 0 Å². The van der Waals surface area contributed by atoms with E-state index in [9.17, 15) is 20.1 Å². The van der Waals surface area contributed by atoms with Gasteiger partial charge in [-0.25, -0.2) is 14.8 Å². The molecule has 1 heterocycles. The number of methoxy groups -OCH3 is 1. The molecule has 0 amide bonds. The lowest BCUT2D eigenvalue weighted by molar-refractivity contribution is -0.269. The minimum Gasteiger partial charge on any atom is -0.465 e. The summed E-state index contributed by atoms with van der Waals surface area (Å²) in [5.74, 6) is 0.0348. The maximum Gasteiger partial charge on any atom is 0.337 e. The molecule has 1 fully saturated rings. The predicted molar refractivity (Wildman–Crippen MR) is 125 cm³/mol. The largest absolute Gasteiger partial charge is 0.465 e. The van der Waals surface area contributed by atoms with Crippen LogP contribution in [0.25, 0.3) is 0 Å². The molecule has 5 atom stereocenters. The maximum absolute atomic E-state index is 11.5. The number of ether oxygens (including phenoxy) is 3. The molecule has 1 aliphatic rings. The number of benzene rings is 1. The molecule has 0 bridgehead atoms. The zero-order valence-electron chi connectivity index (χ0n) is 19.5. The van der Waals surface area contributed by atoms with Crippen LogP contribution < -0.4 is 10.1 Å². The molecule has 4 N–H and O–H groups in total. The molecule has 1 saturated heterocycles. The van der Waals surface area contributed by atoms with Gasteiger partial charge >= 0.3 is 5.97 Å². The number of esters is 1. The van der Waals surface area contributed by atoms with Crippen LogP contribution in [0, 0.1) is 0 Å². The molecule has 184 valence electrons. The molecule has 10 nitrogen and oxygen atoms in total. The first-order chi connectivity index (χ1) is 15.8. The van der Waals surface area contributed by atoms with Gasteiger partial charge in [0.25, 0.3) is 0 Å². The average molecular weight is 466 g/mol. The van der Waals surface area contributed by atoms with Crippen LogP contribution in [0.5, 0.6) is 5.75 Å². The van der Waals surface area contributed by atoms with Crippen molar-refractivity contribution in [2.75, 3.05) is 13.7 Å². The summed E-state index contributed by atoms with van der Waals surface area (Å²) >= 11 is 0. The molecule has 1 aromatic rings. The third-order valence-corrected chi connectivity index (χ3v) is 4.60. The highest BCUT2D eigenvalue weighted by molar-refractivity contribution is 5.89. The highest BCUT2D eigenvalue weighted by atomic mass is 16.7. The SMILES string of the molecule is C=CNC(=NCC1O[C@H](Oc2ccc(C(=O)OC)cc2)C(O)C(O)[C@@H]1O)/N=C\C.CCCC. The molecule has 0 spiro atoms. The van der Waals surface area contributed by atoms with E-state index in [1.54, 1.807) is 6.92 Å². The number of aliphatic hydroxyl groups excluding tert-OH is 3. The van der Waals surface area contributed by atoms with Crippen LogP contribution in [-0.2, 0) is 9.47 Å². The van der Waals surface area contributed by atoms with Crippen molar-refractivity contribution in [3.8, 4) is 5.75 Å². The van der Waals surface area contributed by atoms with Gasteiger partial charge in [-0.2, -0.15) is 0 Å². The first-order valence-electron chi connectivity index (χ1n) is 10.8. The number of nitrogens with one attached hydrogen (secondary N) is 1. The third-order valence-electron chi connectivity index (χ3n) is 4.60. The Morgan fingerprint density at radius 2 is 1.79 bits per heavy atom. The number of nitrogens with zero attached hydrogens (tertiary/aromatic N) is 2. The van der Waals surface area contributed by atoms with Crippen LogP contribution in [0.2, 0.25) is 0 Å². The zero-order chi connectivity index (χ0) is 24.8. The van der Waals surface area contributed by atoms with Crippen molar-refractivity contribution in [1.82, 2.24) is 5.32 Å². The van der Waals surface area contributed by atoms with Crippen molar-refractivity contribution in [2.45, 2.75) is 64.3 Å². The fraction of sp³-hybridized carbons (Fsp3) is 0.522. The molecule has 0 aliphatic carbocycles. The molecule has 0 aromatic heterocycles. The van der Waals surface area contributed by atoms with Gasteiger partial charge in [-0.05, 0) is 37.4 Å². The van der Waals surface area contributed by atoms with Gasteiger partial charge < -0.3 is 34.8 Å². The summed E-state index contributed by atoms with van der Waals surface area (Å²) in [7, 11) is 1.27. The number of carbonyl (C=O) groups excluding carboxylic acids is 1. The summed E-state index contributed by atoms with van der Waals surface area (Å²) in [5.41, 5.74) is 0.325. The number of aliphatic hydroxyl groups is 3. The number of guanidine groups is 1. The van der Waals surface area contributed by atoms with E-state index < -0.39 is 36.7 Å². The van der Waals surface area contributed by atoms with Gasteiger partial charge in [0.2, 0.25) is 12.2 Å². The van der Waals surface area contributed by atoms with Crippen molar-refractivity contribution < 1.29 is 34.3 Å². The number of aliphatic imine (C=N–C) groups is 2. The van der Waals surface area contributed by atoms with Gasteiger partial charge in [-0.3, -0.25) is 0 Å². The minimum absolute atomic E-state index is 0.0560. The summed E-state index contributed by atoms with van der Waals surface area (Å²) in [6, 6.07) is 5.96. The molecule has 2 rings (SSSR count). The minimum atomic E-state index is -1.51. The van der Waals surface area contributed by atoms with Gasteiger partial charge in [-0.15, -0.1) is 0 Å². The van der Waals surface area contributed by atoms with Crippen LogP contribution in [-0.4, -0.2) is 77.8 Å². The number of hydrogen-bond acceptors (Lipinski definition) is 8. The van der Waals surface area contributed by atoms with Crippen molar-refractivity contribution >= 4 is 18.1 Å². The molecule has 0 radical (unpaired) electrons. The second kappa shape index (κ2) is 15.1. The summed E-state index contributed by atoms with van der Waals surface area (Å²) in [4.78, 5) is 19.7. The average Bonchev–Trinajstić information content (AvgIpc) is 2.83. The summed E-state index contributed by atoms with van der Waals surface area (Å²) in [5, 5.41) is 33.3. The fourth-order valence-corrected chi connectivity index (χ4v) is 2.60. The number of hydrogen-bond donors (Lipinski definition) is 4. The monoisotopic (exact) mass is 465 g/mol. The number of rotatable bonds is 7. The predicted octanol–water partition coefficient (Wildman–Crippen LogP) is 1.65. The quantitative estimate of drug-likeness (QED) is 0.270. The van der Waals surface area contributed by atoms with Gasteiger partial charge in [0.1, 0.15) is 30.2 Å². The molecule has 33 heavy (non-hydrogen) atoms. The molecular weight excluding hydrogens is 430 g/mol. The highest BCUT2D eigenvalue weighted by Crippen LogP contribution is 2.25. The normalized spacial score (nSPS) is 25.1. The maximum atomic E-state index is 11.5. The zero-order valence-corrected chi connectivity index (χ0v) is 19.5. The Morgan fingerprint density at radius 3 is 2.30 bits per heavy atom. The van der Waals surface area contributed by atoms with Crippen LogP contribution in [0.4, 0.5) is 0 Å². The van der Waals surface area contributed by atoms with Crippen molar-refractivity contribution in [1.29, 1.82) is 0 Å². The Hall–Kier alpha value is -2.79. The van der Waals surface area contributed by atoms with Crippen molar-refractivity contribution in [3.05, 3.63) is 42.6 Å². The van der Waals surface area contributed by atoms with Crippen LogP contribution in [0.3, 0.4) is 0 Å². The van der Waals surface area contributed by atoms with Crippen LogP contribution in [0.1, 0.15) is 44.0 Å². The van der Waals surface area contributed by atoms with Crippen molar-refractivity contribution in [2.24, 2.45) is 9.98 Å². The van der Waals surface area contributed by atoms with E-state index in [1.165, 1.54) is 56.6 Å². The van der Waals surface area contributed by atoms with E-state index in [-0.39, 0.29) is 18.3 Å². The molecule has 1 aliphatic heterocycles. The highest BCUT2D eigenvalue weighted by Gasteiger charge is 2.44. The Bertz CT molecular complexity index is 781. The second-order valence-electron chi connectivity index (χ2n) is 7.05. The van der Waals surface area contributed by atoms with E-state index in [0.29, 0.717) is 5.56 Å². The lowest BCUT2D eigenvalue weighted by atomic mass is 9.99. The van der Waals surface area contributed by atoms with E-state index in [2.05, 4.69) is 40.5 Å². The molecule has 1 aromatic carbocycles. The van der Waals surface area contributed by atoms with E-state index >= 15 is 0 Å². The molecule has 3 unspecified atom stereocenters. The Kier molecular flexibility index (Phi) is 12.9. The fourth-order valence-electron chi connectivity index (χ4n) is 2.60. The number of carbonyl (C=O) groups is 1. The Labute approximate surface area is 194 Å². The lowest BCUT2D eigenvalue weighted by Crippen LogP contribution is -2.60. The van der Waals surface area contributed by atoms with Gasteiger partial charge in [0, 0.05) is 6.21 Å². The third kappa shape index (κ3) is 8.93. The van der Waals surface area contributed by atoms with E-state index in [4.69, 9.17) is 9.47 Å².